The minimum Gasteiger partial charge on any atom is -0.508 e. The molecule has 2 aromatic rings. The molecule has 0 fully saturated rings. The zero-order valence-electron chi connectivity index (χ0n) is 7.34. The molecule has 2 rings (SSSR count). The highest BCUT2D eigenvalue weighted by Crippen LogP contribution is 2.12. The van der Waals surface area contributed by atoms with Gasteiger partial charge >= 0.3 is 0 Å². The van der Waals surface area contributed by atoms with Crippen molar-refractivity contribution >= 4 is 5.95 Å². The molecular weight excluding hydrogens is 182 g/mol. The van der Waals surface area contributed by atoms with Crippen molar-refractivity contribution in [3.63, 3.8) is 0 Å². The average molecular weight is 191 g/mol. The van der Waals surface area contributed by atoms with E-state index in [4.69, 9.17) is 15.4 Å². The number of hydrogen-bond acceptors (Lipinski definition) is 5. The van der Waals surface area contributed by atoms with E-state index in [0.717, 1.165) is 5.56 Å². The first-order valence-corrected chi connectivity index (χ1v) is 4.10. The van der Waals surface area contributed by atoms with Crippen molar-refractivity contribution in [1.82, 2.24) is 10.1 Å². The minimum atomic E-state index is 0.138. The molecule has 0 spiro atoms. The highest BCUT2D eigenvalue weighted by atomic mass is 16.5. The van der Waals surface area contributed by atoms with E-state index in [1.165, 1.54) is 0 Å². The second-order valence-corrected chi connectivity index (χ2v) is 2.89. The molecule has 1 aromatic heterocycles. The Morgan fingerprint density at radius 3 is 2.57 bits per heavy atom. The minimum absolute atomic E-state index is 0.138. The van der Waals surface area contributed by atoms with E-state index in [2.05, 4.69) is 10.1 Å². The number of rotatable bonds is 2. The van der Waals surface area contributed by atoms with Gasteiger partial charge in [-0.2, -0.15) is 4.98 Å². The average Bonchev–Trinajstić information content (AvgIpc) is 2.56. The van der Waals surface area contributed by atoms with Crippen molar-refractivity contribution < 1.29 is 9.63 Å². The van der Waals surface area contributed by atoms with Crippen LogP contribution in [-0.4, -0.2) is 15.2 Å². The second-order valence-electron chi connectivity index (χ2n) is 2.89. The third kappa shape index (κ3) is 1.82. The summed E-state index contributed by atoms with van der Waals surface area (Å²) in [6.07, 6.45) is 0.518. The highest BCUT2D eigenvalue weighted by Gasteiger charge is 2.03. The van der Waals surface area contributed by atoms with Crippen LogP contribution < -0.4 is 5.73 Å². The fourth-order valence-electron chi connectivity index (χ4n) is 1.13. The summed E-state index contributed by atoms with van der Waals surface area (Å²) in [7, 11) is 0. The van der Waals surface area contributed by atoms with Gasteiger partial charge in [-0.1, -0.05) is 12.1 Å². The van der Waals surface area contributed by atoms with Crippen LogP contribution in [0.1, 0.15) is 11.5 Å². The number of aromatic hydroxyl groups is 1. The van der Waals surface area contributed by atoms with Crippen LogP contribution in [0.15, 0.2) is 28.8 Å². The number of phenols is 1. The summed E-state index contributed by atoms with van der Waals surface area (Å²) < 4.78 is 4.85. The van der Waals surface area contributed by atoms with E-state index >= 15 is 0 Å². The smallest absolute Gasteiger partial charge is 0.260 e. The van der Waals surface area contributed by atoms with Crippen LogP contribution in [-0.2, 0) is 6.42 Å². The maximum Gasteiger partial charge on any atom is 0.260 e. The maximum atomic E-state index is 9.06. The Labute approximate surface area is 80.2 Å². The number of nitrogen functional groups attached to an aromatic ring is 1. The summed E-state index contributed by atoms with van der Waals surface area (Å²) in [6, 6.07) is 6.79. The Balaban J connectivity index is 2.15. The fraction of sp³-hybridized carbons (Fsp3) is 0.111. The maximum absolute atomic E-state index is 9.06. The van der Waals surface area contributed by atoms with Gasteiger partial charge < -0.3 is 15.4 Å². The normalized spacial score (nSPS) is 10.3. The number of aromatic nitrogens is 2. The van der Waals surface area contributed by atoms with Crippen molar-refractivity contribution in [1.29, 1.82) is 0 Å². The lowest BCUT2D eigenvalue weighted by Gasteiger charge is -1.96. The monoisotopic (exact) mass is 191 g/mol. The second kappa shape index (κ2) is 3.37. The van der Waals surface area contributed by atoms with Crippen molar-refractivity contribution in [3.05, 3.63) is 35.7 Å². The third-order valence-corrected chi connectivity index (χ3v) is 1.78. The first kappa shape index (κ1) is 8.55. The highest BCUT2D eigenvalue weighted by molar-refractivity contribution is 5.27. The Bertz CT molecular complexity index is 422. The molecule has 5 nitrogen and oxygen atoms in total. The lowest BCUT2D eigenvalue weighted by atomic mass is 10.1. The number of benzene rings is 1. The van der Waals surface area contributed by atoms with Gasteiger partial charge in [0, 0.05) is 0 Å². The van der Waals surface area contributed by atoms with Gasteiger partial charge in [0.15, 0.2) is 0 Å². The molecular formula is C9H9N3O2. The molecule has 5 heteroatoms. The molecule has 14 heavy (non-hydrogen) atoms. The van der Waals surface area contributed by atoms with Crippen molar-refractivity contribution in [2.75, 3.05) is 5.73 Å². The molecule has 0 unspecified atom stereocenters. The zero-order valence-corrected chi connectivity index (χ0v) is 7.34. The SMILES string of the molecule is Nc1noc(Cc2ccc(O)cc2)n1. The quantitative estimate of drug-likeness (QED) is 0.738. The van der Waals surface area contributed by atoms with Gasteiger partial charge in [0.2, 0.25) is 5.89 Å². The van der Waals surface area contributed by atoms with E-state index < -0.39 is 0 Å². The molecule has 0 atom stereocenters. The Kier molecular flexibility index (Phi) is 2.06. The number of anilines is 1. The van der Waals surface area contributed by atoms with E-state index in [1.54, 1.807) is 24.3 Å². The molecule has 72 valence electrons. The predicted molar refractivity (Wildman–Crippen MR) is 49.6 cm³/mol. The molecule has 0 saturated carbocycles. The van der Waals surface area contributed by atoms with Crippen molar-refractivity contribution in [3.8, 4) is 5.75 Å². The zero-order chi connectivity index (χ0) is 9.97. The first-order valence-electron chi connectivity index (χ1n) is 4.10. The summed E-state index contributed by atoms with van der Waals surface area (Å²) >= 11 is 0. The van der Waals surface area contributed by atoms with Gasteiger partial charge in [0.1, 0.15) is 5.75 Å². The number of hydrogen-bond donors (Lipinski definition) is 2. The van der Waals surface area contributed by atoms with Gasteiger partial charge in [0.25, 0.3) is 5.95 Å². The summed E-state index contributed by atoms with van der Waals surface area (Å²) in [5.74, 6) is 0.839. The van der Waals surface area contributed by atoms with Gasteiger partial charge in [-0.15, -0.1) is 0 Å². The molecule has 0 aliphatic heterocycles. The summed E-state index contributed by atoms with van der Waals surface area (Å²) in [4.78, 5) is 3.87. The summed E-state index contributed by atoms with van der Waals surface area (Å²) in [6.45, 7) is 0. The van der Waals surface area contributed by atoms with Crippen LogP contribution in [0.25, 0.3) is 0 Å². The van der Waals surface area contributed by atoms with Crippen molar-refractivity contribution in [2.24, 2.45) is 0 Å². The third-order valence-electron chi connectivity index (χ3n) is 1.78. The molecule has 0 radical (unpaired) electrons. The predicted octanol–water partition coefficient (Wildman–Crippen LogP) is 0.948. The van der Waals surface area contributed by atoms with Crippen LogP contribution in [0.4, 0.5) is 5.95 Å². The number of nitrogens with zero attached hydrogens (tertiary/aromatic N) is 2. The van der Waals surface area contributed by atoms with E-state index in [9.17, 15) is 0 Å². The van der Waals surface area contributed by atoms with Crippen LogP contribution >= 0.6 is 0 Å². The van der Waals surface area contributed by atoms with Gasteiger partial charge in [-0.05, 0) is 22.9 Å². The number of nitrogens with two attached hydrogens (primary N) is 1. The van der Waals surface area contributed by atoms with Crippen LogP contribution in [0.2, 0.25) is 0 Å². The van der Waals surface area contributed by atoms with Crippen molar-refractivity contribution in [2.45, 2.75) is 6.42 Å². The summed E-state index contributed by atoms with van der Waals surface area (Å²) in [5, 5.41) is 12.5. The lowest BCUT2D eigenvalue weighted by Crippen LogP contribution is -1.89. The topological polar surface area (TPSA) is 85.2 Å². The first-order chi connectivity index (χ1) is 6.74. The largest absolute Gasteiger partial charge is 0.508 e. The fourth-order valence-corrected chi connectivity index (χ4v) is 1.13. The van der Waals surface area contributed by atoms with Crippen LogP contribution in [0.3, 0.4) is 0 Å². The molecule has 3 N–H and O–H groups in total. The Morgan fingerprint density at radius 2 is 2.00 bits per heavy atom. The van der Waals surface area contributed by atoms with Gasteiger partial charge in [0.05, 0.1) is 6.42 Å². The van der Waals surface area contributed by atoms with E-state index in [0.29, 0.717) is 12.3 Å². The van der Waals surface area contributed by atoms with Crippen LogP contribution in [0.5, 0.6) is 5.75 Å². The van der Waals surface area contributed by atoms with E-state index in [-0.39, 0.29) is 11.7 Å². The van der Waals surface area contributed by atoms with Gasteiger partial charge in [-0.25, -0.2) is 0 Å². The Hall–Kier alpha value is -2.04. The number of phenolic OH excluding ortho intramolecular Hbond substituents is 1. The molecule has 1 aromatic carbocycles. The molecule has 0 saturated heterocycles. The molecule has 0 amide bonds. The molecule has 1 heterocycles. The molecule has 0 aliphatic carbocycles. The van der Waals surface area contributed by atoms with Crippen LogP contribution in [0, 0.1) is 0 Å². The van der Waals surface area contributed by atoms with E-state index in [1.807, 2.05) is 0 Å². The lowest BCUT2D eigenvalue weighted by molar-refractivity contribution is 0.386. The van der Waals surface area contributed by atoms with Gasteiger partial charge in [-0.3, -0.25) is 0 Å². The standard InChI is InChI=1S/C9H9N3O2/c10-9-11-8(14-12-9)5-6-1-3-7(13)4-2-6/h1-4,13H,5H2,(H2,10,12). The summed E-state index contributed by atoms with van der Waals surface area (Å²) in [5.41, 5.74) is 6.28. The molecule has 0 bridgehead atoms. The molecule has 0 aliphatic rings. The Morgan fingerprint density at radius 1 is 1.29 bits per heavy atom.